The zero-order chi connectivity index (χ0) is 15.5. The van der Waals surface area contributed by atoms with Crippen molar-refractivity contribution >= 4 is 0 Å². The molecule has 1 aromatic carbocycles. The van der Waals surface area contributed by atoms with Crippen molar-refractivity contribution in [2.24, 2.45) is 0 Å². The zero-order valence-corrected chi connectivity index (χ0v) is 13.3. The van der Waals surface area contributed by atoms with E-state index < -0.39 is 0 Å². The van der Waals surface area contributed by atoms with Crippen molar-refractivity contribution in [2.75, 3.05) is 7.11 Å². The summed E-state index contributed by atoms with van der Waals surface area (Å²) < 4.78 is 11.0. The van der Waals surface area contributed by atoms with E-state index in [1.54, 1.807) is 7.11 Å². The SMILES string of the molecule is COc1ccccc1C(C)(C)NCc1nnc(C(C)C)o1. The van der Waals surface area contributed by atoms with Gasteiger partial charge in [0.1, 0.15) is 5.75 Å². The maximum absolute atomic E-state index is 5.62. The quantitative estimate of drug-likeness (QED) is 0.884. The molecule has 0 bridgehead atoms. The normalized spacial score (nSPS) is 11.9. The molecule has 1 aromatic heterocycles. The lowest BCUT2D eigenvalue weighted by molar-refractivity contribution is 0.335. The fourth-order valence-corrected chi connectivity index (χ4v) is 2.12. The van der Waals surface area contributed by atoms with Crippen molar-refractivity contribution in [2.45, 2.75) is 45.7 Å². The topological polar surface area (TPSA) is 60.2 Å². The van der Waals surface area contributed by atoms with Gasteiger partial charge in [-0.2, -0.15) is 0 Å². The zero-order valence-electron chi connectivity index (χ0n) is 13.3. The predicted molar refractivity (Wildman–Crippen MR) is 81.2 cm³/mol. The Balaban J connectivity index is 2.09. The van der Waals surface area contributed by atoms with Gasteiger partial charge in [0.05, 0.1) is 13.7 Å². The summed E-state index contributed by atoms with van der Waals surface area (Å²) in [6.07, 6.45) is 0. The lowest BCUT2D eigenvalue weighted by Crippen LogP contribution is -2.36. The summed E-state index contributed by atoms with van der Waals surface area (Å²) in [5, 5.41) is 11.6. The van der Waals surface area contributed by atoms with Crippen LogP contribution in [0.1, 0.15) is 51.0 Å². The predicted octanol–water partition coefficient (Wildman–Crippen LogP) is 3.23. The van der Waals surface area contributed by atoms with Gasteiger partial charge in [-0.05, 0) is 19.9 Å². The summed E-state index contributed by atoms with van der Waals surface area (Å²) in [5.74, 6) is 2.38. The van der Waals surface area contributed by atoms with Gasteiger partial charge in [-0.3, -0.25) is 5.32 Å². The average Bonchev–Trinajstić information content (AvgIpc) is 2.94. The van der Waals surface area contributed by atoms with E-state index in [0.29, 0.717) is 18.3 Å². The molecule has 1 heterocycles. The Hall–Kier alpha value is -1.88. The lowest BCUT2D eigenvalue weighted by atomic mass is 9.93. The molecule has 0 amide bonds. The third-order valence-corrected chi connectivity index (χ3v) is 3.44. The lowest BCUT2D eigenvalue weighted by Gasteiger charge is -2.28. The van der Waals surface area contributed by atoms with E-state index in [-0.39, 0.29) is 11.5 Å². The van der Waals surface area contributed by atoms with Gasteiger partial charge in [0.2, 0.25) is 11.8 Å². The molecule has 1 N–H and O–H groups in total. The molecule has 0 aliphatic heterocycles. The van der Waals surface area contributed by atoms with Crippen LogP contribution < -0.4 is 10.1 Å². The van der Waals surface area contributed by atoms with Gasteiger partial charge in [0.15, 0.2) is 0 Å². The molecule has 21 heavy (non-hydrogen) atoms. The number of aromatic nitrogens is 2. The van der Waals surface area contributed by atoms with Crippen LogP contribution in [0.4, 0.5) is 0 Å². The van der Waals surface area contributed by atoms with Gasteiger partial charge < -0.3 is 9.15 Å². The standard InChI is InChI=1S/C16H23N3O2/c1-11(2)15-19-18-14(21-15)10-17-16(3,4)12-8-6-7-9-13(12)20-5/h6-9,11,17H,10H2,1-5H3. The molecule has 0 radical (unpaired) electrons. The number of para-hydroxylation sites is 1. The van der Waals surface area contributed by atoms with E-state index in [1.165, 1.54) is 0 Å². The van der Waals surface area contributed by atoms with Crippen LogP contribution in [0.5, 0.6) is 5.75 Å². The Labute approximate surface area is 125 Å². The second kappa shape index (κ2) is 6.26. The number of methoxy groups -OCH3 is 1. The number of nitrogens with zero attached hydrogens (tertiary/aromatic N) is 2. The summed E-state index contributed by atoms with van der Waals surface area (Å²) >= 11 is 0. The summed E-state index contributed by atoms with van der Waals surface area (Å²) in [4.78, 5) is 0. The van der Waals surface area contributed by atoms with Gasteiger partial charge in [-0.15, -0.1) is 10.2 Å². The van der Waals surface area contributed by atoms with Crippen LogP contribution >= 0.6 is 0 Å². The molecule has 0 saturated carbocycles. The van der Waals surface area contributed by atoms with Crippen LogP contribution in [-0.2, 0) is 12.1 Å². The maximum Gasteiger partial charge on any atom is 0.230 e. The smallest absolute Gasteiger partial charge is 0.230 e. The number of hydrogen-bond donors (Lipinski definition) is 1. The molecule has 0 aliphatic carbocycles. The largest absolute Gasteiger partial charge is 0.496 e. The fraction of sp³-hybridized carbons (Fsp3) is 0.500. The number of rotatable bonds is 6. The maximum atomic E-state index is 5.62. The van der Waals surface area contributed by atoms with Crippen molar-refractivity contribution in [3.05, 3.63) is 41.6 Å². The van der Waals surface area contributed by atoms with Crippen LogP contribution in [0.3, 0.4) is 0 Å². The molecule has 0 spiro atoms. The van der Waals surface area contributed by atoms with Crippen LogP contribution in [0.25, 0.3) is 0 Å². The minimum Gasteiger partial charge on any atom is -0.496 e. The Bertz CT molecular complexity index is 591. The first-order valence-electron chi connectivity index (χ1n) is 7.15. The first-order chi connectivity index (χ1) is 9.94. The fourth-order valence-electron chi connectivity index (χ4n) is 2.12. The minimum atomic E-state index is -0.265. The molecule has 0 atom stereocenters. The summed E-state index contributed by atoms with van der Waals surface area (Å²) in [5.41, 5.74) is 0.829. The molecule has 0 fully saturated rings. The van der Waals surface area contributed by atoms with E-state index in [4.69, 9.17) is 9.15 Å². The minimum absolute atomic E-state index is 0.244. The Morgan fingerprint density at radius 3 is 2.57 bits per heavy atom. The summed E-state index contributed by atoms with van der Waals surface area (Å²) in [6, 6.07) is 7.98. The highest BCUT2D eigenvalue weighted by Gasteiger charge is 2.24. The van der Waals surface area contributed by atoms with E-state index in [1.807, 2.05) is 32.0 Å². The first-order valence-corrected chi connectivity index (χ1v) is 7.15. The molecular formula is C16H23N3O2. The summed E-state index contributed by atoms with van der Waals surface area (Å²) in [7, 11) is 1.68. The Morgan fingerprint density at radius 2 is 1.95 bits per heavy atom. The highest BCUT2D eigenvalue weighted by Crippen LogP contribution is 2.29. The molecule has 114 valence electrons. The average molecular weight is 289 g/mol. The van der Waals surface area contributed by atoms with Crippen LogP contribution in [0, 0.1) is 0 Å². The van der Waals surface area contributed by atoms with Crippen LogP contribution in [-0.4, -0.2) is 17.3 Å². The number of benzene rings is 1. The van der Waals surface area contributed by atoms with Crippen molar-refractivity contribution in [3.8, 4) is 5.75 Å². The third-order valence-electron chi connectivity index (χ3n) is 3.44. The van der Waals surface area contributed by atoms with Gasteiger partial charge in [-0.1, -0.05) is 32.0 Å². The third kappa shape index (κ3) is 3.61. The Kier molecular flexibility index (Phi) is 4.63. The highest BCUT2D eigenvalue weighted by molar-refractivity contribution is 5.38. The monoisotopic (exact) mass is 289 g/mol. The highest BCUT2D eigenvalue weighted by atomic mass is 16.5. The van der Waals surface area contributed by atoms with E-state index in [2.05, 4.69) is 35.4 Å². The molecule has 0 unspecified atom stereocenters. The van der Waals surface area contributed by atoms with Gasteiger partial charge in [0.25, 0.3) is 0 Å². The molecule has 5 heteroatoms. The number of nitrogens with one attached hydrogen (secondary N) is 1. The molecule has 2 aromatic rings. The molecule has 2 rings (SSSR count). The second-order valence-electron chi connectivity index (χ2n) is 5.87. The van der Waals surface area contributed by atoms with Crippen molar-refractivity contribution in [1.82, 2.24) is 15.5 Å². The molecule has 0 saturated heterocycles. The Morgan fingerprint density at radius 1 is 1.24 bits per heavy atom. The molecule has 5 nitrogen and oxygen atoms in total. The molecular weight excluding hydrogens is 266 g/mol. The molecule has 0 aliphatic rings. The first kappa shape index (κ1) is 15.5. The van der Waals surface area contributed by atoms with Crippen molar-refractivity contribution < 1.29 is 9.15 Å². The van der Waals surface area contributed by atoms with Gasteiger partial charge in [-0.25, -0.2) is 0 Å². The van der Waals surface area contributed by atoms with E-state index in [0.717, 1.165) is 11.3 Å². The van der Waals surface area contributed by atoms with Crippen molar-refractivity contribution in [1.29, 1.82) is 0 Å². The van der Waals surface area contributed by atoms with E-state index in [9.17, 15) is 0 Å². The van der Waals surface area contributed by atoms with Gasteiger partial charge >= 0.3 is 0 Å². The van der Waals surface area contributed by atoms with Gasteiger partial charge in [0, 0.05) is 17.0 Å². The summed E-state index contributed by atoms with van der Waals surface area (Å²) in [6.45, 7) is 8.78. The van der Waals surface area contributed by atoms with Crippen molar-refractivity contribution in [3.63, 3.8) is 0 Å². The van der Waals surface area contributed by atoms with Crippen LogP contribution in [0.2, 0.25) is 0 Å². The number of ether oxygens (including phenoxy) is 1. The van der Waals surface area contributed by atoms with E-state index >= 15 is 0 Å². The second-order valence-corrected chi connectivity index (χ2v) is 5.87. The van der Waals surface area contributed by atoms with Crippen LogP contribution in [0.15, 0.2) is 28.7 Å². The number of hydrogen-bond acceptors (Lipinski definition) is 5.